The standard InChI is InChI=1S/C11H11ClN4O4S/c12-5-1-2-6-9(16-21-15-6)8(5)14-11(20)13-7(3-4-17)10(18)19/h1-2,7,17H,3-4H2,(H,18,19)(H2,13,14,20)/t7-/m1/s1. The van der Waals surface area contributed by atoms with Crippen LogP contribution in [0.4, 0.5) is 10.5 Å². The number of aliphatic hydroxyl groups is 1. The normalized spacial score (nSPS) is 12.1. The summed E-state index contributed by atoms with van der Waals surface area (Å²) in [6, 6.07) is 1.28. The second-order valence-electron chi connectivity index (χ2n) is 4.06. The number of rotatable bonds is 5. The minimum absolute atomic E-state index is 0.0983. The number of halogens is 1. The van der Waals surface area contributed by atoms with Crippen LogP contribution in [-0.2, 0) is 4.79 Å². The first-order valence-corrected chi connectivity index (χ1v) is 6.95. The van der Waals surface area contributed by atoms with E-state index in [0.717, 1.165) is 11.7 Å². The van der Waals surface area contributed by atoms with E-state index in [1.165, 1.54) is 0 Å². The molecule has 0 aliphatic heterocycles. The summed E-state index contributed by atoms with van der Waals surface area (Å²) in [6.07, 6.45) is -0.0983. The Morgan fingerprint density at radius 3 is 2.81 bits per heavy atom. The van der Waals surface area contributed by atoms with Crippen molar-refractivity contribution in [2.45, 2.75) is 12.5 Å². The molecule has 8 nitrogen and oxygen atoms in total. The molecule has 0 fully saturated rings. The zero-order valence-corrected chi connectivity index (χ0v) is 12.1. The van der Waals surface area contributed by atoms with E-state index in [2.05, 4.69) is 19.4 Å². The Balaban J connectivity index is 2.16. The van der Waals surface area contributed by atoms with Gasteiger partial charge in [-0.15, -0.1) is 0 Å². The Hall–Kier alpha value is -1.97. The number of aromatic nitrogens is 2. The predicted molar refractivity (Wildman–Crippen MR) is 77.7 cm³/mol. The monoisotopic (exact) mass is 330 g/mol. The molecule has 1 heterocycles. The molecule has 2 aromatic rings. The highest BCUT2D eigenvalue weighted by Gasteiger charge is 2.20. The zero-order chi connectivity index (χ0) is 15.4. The molecule has 0 saturated heterocycles. The highest BCUT2D eigenvalue weighted by Crippen LogP contribution is 2.29. The van der Waals surface area contributed by atoms with Crippen LogP contribution in [0.25, 0.3) is 11.0 Å². The van der Waals surface area contributed by atoms with Gasteiger partial charge in [0, 0.05) is 13.0 Å². The molecule has 0 aliphatic carbocycles. The van der Waals surface area contributed by atoms with Crippen LogP contribution in [0.3, 0.4) is 0 Å². The summed E-state index contributed by atoms with van der Waals surface area (Å²) in [6.45, 7) is -0.358. The fourth-order valence-corrected chi connectivity index (χ4v) is 2.38. The van der Waals surface area contributed by atoms with E-state index in [9.17, 15) is 9.59 Å². The van der Waals surface area contributed by atoms with Gasteiger partial charge in [-0.1, -0.05) is 11.6 Å². The molecule has 1 aromatic carbocycles. The molecule has 4 N–H and O–H groups in total. The van der Waals surface area contributed by atoms with Crippen molar-refractivity contribution in [2.24, 2.45) is 0 Å². The average Bonchev–Trinajstić information content (AvgIpc) is 2.90. The molecule has 0 aliphatic rings. The number of urea groups is 1. The van der Waals surface area contributed by atoms with Crippen LogP contribution < -0.4 is 10.6 Å². The highest BCUT2D eigenvalue weighted by molar-refractivity contribution is 7.00. The minimum atomic E-state index is -1.24. The number of hydrogen-bond donors (Lipinski definition) is 4. The van der Waals surface area contributed by atoms with E-state index in [1.807, 2.05) is 0 Å². The number of aliphatic carboxylic acids is 1. The van der Waals surface area contributed by atoms with Crippen molar-refractivity contribution in [2.75, 3.05) is 11.9 Å². The SMILES string of the molecule is O=C(Nc1c(Cl)ccc2nsnc12)N[C@H](CCO)C(=O)O. The molecule has 112 valence electrons. The lowest BCUT2D eigenvalue weighted by Gasteiger charge is -2.14. The van der Waals surface area contributed by atoms with Crippen LogP contribution in [-0.4, -0.2) is 43.6 Å². The molecule has 0 spiro atoms. The minimum Gasteiger partial charge on any atom is -0.480 e. The van der Waals surface area contributed by atoms with Gasteiger partial charge in [-0.25, -0.2) is 9.59 Å². The van der Waals surface area contributed by atoms with E-state index in [-0.39, 0.29) is 23.7 Å². The molecule has 10 heteroatoms. The van der Waals surface area contributed by atoms with E-state index < -0.39 is 18.0 Å². The number of amides is 2. The van der Waals surface area contributed by atoms with Gasteiger partial charge in [0.2, 0.25) is 0 Å². The maximum absolute atomic E-state index is 11.8. The molecular weight excluding hydrogens is 320 g/mol. The number of hydrogen-bond acceptors (Lipinski definition) is 6. The van der Waals surface area contributed by atoms with Crippen molar-refractivity contribution in [3.05, 3.63) is 17.2 Å². The van der Waals surface area contributed by atoms with E-state index in [1.54, 1.807) is 12.1 Å². The zero-order valence-electron chi connectivity index (χ0n) is 10.5. The van der Waals surface area contributed by atoms with Crippen LogP contribution >= 0.6 is 23.3 Å². The second-order valence-corrected chi connectivity index (χ2v) is 4.99. The van der Waals surface area contributed by atoms with Crippen molar-refractivity contribution >= 4 is 52.1 Å². The first-order valence-electron chi connectivity index (χ1n) is 5.85. The third-order valence-electron chi connectivity index (χ3n) is 2.64. The third-order valence-corrected chi connectivity index (χ3v) is 3.49. The van der Waals surface area contributed by atoms with Crippen LogP contribution in [0, 0.1) is 0 Å². The summed E-state index contributed by atoms with van der Waals surface area (Å²) >= 11 is 6.97. The van der Waals surface area contributed by atoms with Crippen LogP contribution in [0.15, 0.2) is 12.1 Å². The number of nitrogens with one attached hydrogen (secondary N) is 2. The van der Waals surface area contributed by atoms with Gasteiger partial charge in [0.15, 0.2) is 0 Å². The van der Waals surface area contributed by atoms with Crippen LogP contribution in [0.5, 0.6) is 0 Å². The van der Waals surface area contributed by atoms with E-state index >= 15 is 0 Å². The summed E-state index contributed by atoms with van der Waals surface area (Å²) in [4.78, 5) is 22.8. The molecule has 0 bridgehead atoms. The average molecular weight is 331 g/mol. The lowest BCUT2D eigenvalue weighted by molar-refractivity contribution is -0.139. The summed E-state index contributed by atoms with van der Waals surface area (Å²) in [5, 5.41) is 22.6. The molecule has 1 atom stereocenters. The van der Waals surface area contributed by atoms with Gasteiger partial charge < -0.3 is 20.8 Å². The number of anilines is 1. The number of aliphatic hydroxyl groups excluding tert-OH is 1. The quantitative estimate of drug-likeness (QED) is 0.655. The van der Waals surface area contributed by atoms with E-state index in [0.29, 0.717) is 11.0 Å². The van der Waals surface area contributed by atoms with Crippen molar-refractivity contribution in [1.29, 1.82) is 0 Å². The highest BCUT2D eigenvalue weighted by atomic mass is 35.5. The first kappa shape index (κ1) is 15.4. The van der Waals surface area contributed by atoms with Crippen molar-refractivity contribution in [3.8, 4) is 0 Å². The third kappa shape index (κ3) is 3.57. The lowest BCUT2D eigenvalue weighted by Crippen LogP contribution is -2.43. The molecule has 2 amide bonds. The number of carboxylic acid groups (broad SMARTS) is 1. The molecule has 0 radical (unpaired) electrons. The Morgan fingerprint density at radius 2 is 2.14 bits per heavy atom. The van der Waals surface area contributed by atoms with Gasteiger partial charge in [0.05, 0.1) is 22.4 Å². The molecule has 2 rings (SSSR count). The number of carbonyl (C=O) groups is 2. The molecule has 1 aromatic heterocycles. The second kappa shape index (κ2) is 6.66. The maximum atomic E-state index is 11.8. The fourth-order valence-electron chi connectivity index (χ4n) is 1.64. The topological polar surface area (TPSA) is 124 Å². The van der Waals surface area contributed by atoms with Crippen LogP contribution in [0.1, 0.15) is 6.42 Å². The number of carboxylic acids is 1. The number of benzene rings is 1. The van der Waals surface area contributed by atoms with Gasteiger partial charge in [-0.2, -0.15) is 8.75 Å². The van der Waals surface area contributed by atoms with E-state index in [4.69, 9.17) is 21.8 Å². The summed E-state index contributed by atoms with van der Waals surface area (Å²) in [5.41, 5.74) is 1.26. The summed E-state index contributed by atoms with van der Waals surface area (Å²) < 4.78 is 8.05. The van der Waals surface area contributed by atoms with Gasteiger partial charge in [0.25, 0.3) is 0 Å². The lowest BCUT2D eigenvalue weighted by atomic mass is 10.2. The molecule has 21 heavy (non-hydrogen) atoms. The first-order chi connectivity index (χ1) is 10.0. The predicted octanol–water partition coefficient (Wildman–Crippen LogP) is 1.30. The van der Waals surface area contributed by atoms with Crippen molar-refractivity contribution < 1.29 is 19.8 Å². The fraction of sp³-hybridized carbons (Fsp3) is 0.273. The number of nitrogens with zero attached hydrogens (tertiary/aromatic N) is 2. The Bertz CT molecular complexity index is 677. The Kier molecular flexibility index (Phi) is 4.89. The van der Waals surface area contributed by atoms with Crippen molar-refractivity contribution in [3.63, 3.8) is 0 Å². The molecular formula is C11H11ClN4O4S. The van der Waals surface area contributed by atoms with Gasteiger partial charge in [-0.05, 0) is 12.1 Å². The van der Waals surface area contributed by atoms with Crippen LogP contribution in [0.2, 0.25) is 5.02 Å². The number of carbonyl (C=O) groups excluding carboxylic acids is 1. The maximum Gasteiger partial charge on any atom is 0.326 e. The van der Waals surface area contributed by atoms with Gasteiger partial charge in [0.1, 0.15) is 17.1 Å². The largest absolute Gasteiger partial charge is 0.480 e. The Labute approximate surface area is 128 Å². The molecule has 0 unspecified atom stereocenters. The summed E-state index contributed by atoms with van der Waals surface area (Å²) in [5.74, 6) is -1.24. The molecule has 0 saturated carbocycles. The summed E-state index contributed by atoms with van der Waals surface area (Å²) in [7, 11) is 0. The Morgan fingerprint density at radius 1 is 1.38 bits per heavy atom. The van der Waals surface area contributed by atoms with Gasteiger partial charge in [-0.3, -0.25) is 0 Å². The number of fused-ring (bicyclic) bond motifs is 1. The van der Waals surface area contributed by atoms with Crippen molar-refractivity contribution in [1.82, 2.24) is 14.1 Å². The van der Waals surface area contributed by atoms with Gasteiger partial charge >= 0.3 is 12.0 Å². The smallest absolute Gasteiger partial charge is 0.326 e.